The molecule has 4 heteroatoms. The van der Waals surface area contributed by atoms with Crippen LogP contribution < -0.4 is 0 Å². The molecule has 0 aromatic rings. The highest BCUT2D eigenvalue weighted by atomic mass is 16.6. The highest BCUT2D eigenvalue weighted by molar-refractivity contribution is 5.94. The molecule has 0 aromatic carbocycles. The van der Waals surface area contributed by atoms with Gasteiger partial charge in [0.15, 0.2) is 0 Å². The Hall–Kier alpha value is -1.58. The van der Waals surface area contributed by atoms with Crippen LogP contribution in [-0.2, 0) is 14.3 Å². The second-order valence-electron chi connectivity index (χ2n) is 5.02. The molecule has 4 nitrogen and oxygen atoms in total. The van der Waals surface area contributed by atoms with Gasteiger partial charge in [-0.1, -0.05) is 0 Å². The van der Waals surface area contributed by atoms with Crippen molar-refractivity contribution in [1.82, 2.24) is 0 Å². The largest absolute Gasteiger partial charge is 0.467 e. The van der Waals surface area contributed by atoms with Crippen LogP contribution in [0.3, 0.4) is 0 Å². The maximum absolute atomic E-state index is 11.3. The predicted octanol–water partition coefficient (Wildman–Crippen LogP) is 1.96. The molecule has 0 amide bonds. The fraction of sp³-hybridized carbons (Fsp3) is 0.500. The maximum Gasteiger partial charge on any atom is 0.332 e. The average Bonchev–Trinajstić information content (AvgIpc) is 2.47. The third kappa shape index (κ3) is 1.54. The number of carbonyl (C=O) groups is 1. The second-order valence-corrected chi connectivity index (χ2v) is 5.02. The van der Waals surface area contributed by atoms with Crippen LogP contribution in [0.5, 0.6) is 0 Å². The molecule has 2 heterocycles. The zero-order valence-electron chi connectivity index (χ0n) is 9.88. The summed E-state index contributed by atoms with van der Waals surface area (Å²) in [5.74, 6) is -0.217. The van der Waals surface area contributed by atoms with E-state index in [1.54, 1.807) is 6.08 Å². The van der Waals surface area contributed by atoms with Gasteiger partial charge in [-0.2, -0.15) is 0 Å². The van der Waals surface area contributed by atoms with Gasteiger partial charge in [0.05, 0.1) is 0 Å². The van der Waals surface area contributed by atoms with Crippen molar-refractivity contribution in [3.05, 3.63) is 23.3 Å². The molecule has 0 spiro atoms. The van der Waals surface area contributed by atoms with E-state index < -0.39 is 11.2 Å². The molecular formula is C12H15NO3. The highest BCUT2D eigenvalue weighted by Crippen LogP contribution is 2.41. The van der Waals surface area contributed by atoms with Crippen molar-refractivity contribution in [1.29, 1.82) is 5.41 Å². The zero-order valence-corrected chi connectivity index (χ0v) is 9.88. The first kappa shape index (κ1) is 10.9. The van der Waals surface area contributed by atoms with Crippen molar-refractivity contribution in [3.63, 3.8) is 0 Å². The summed E-state index contributed by atoms with van der Waals surface area (Å²) in [4.78, 5) is 11.3. The Labute approximate surface area is 94.4 Å². The van der Waals surface area contributed by atoms with E-state index in [1.165, 1.54) is 6.08 Å². The summed E-state index contributed by atoms with van der Waals surface area (Å²) in [5, 5.41) is 7.53. The van der Waals surface area contributed by atoms with Gasteiger partial charge in [-0.3, -0.25) is 5.41 Å². The van der Waals surface area contributed by atoms with E-state index in [4.69, 9.17) is 14.9 Å². The van der Waals surface area contributed by atoms with Crippen LogP contribution in [0.2, 0.25) is 0 Å². The molecular weight excluding hydrogens is 206 g/mol. The number of ether oxygens (including phenoxy) is 2. The van der Waals surface area contributed by atoms with Crippen molar-refractivity contribution in [2.45, 2.75) is 38.9 Å². The monoisotopic (exact) mass is 221 g/mol. The quantitative estimate of drug-likeness (QED) is 0.688. The van der Waals surface area contributed by atoms with Crippen LogP contribution in [-0.4, -0.2) is 23.1 Å². The molecule has 86 valence electrons. The molecule has 0 radical (unpaired) electrons. The Morgan fingerprint density at radius 2 is 1.50 bits per heavy atom. The second kappa shape index (κ2) is 2.97. The Bertz CT molecular complexity index is 399. The van der Waals surface area contributed by atoms with Gasteiger partial charge >= 0.3 is 5.97 Å². The topological polar surface area (TPSA) is 59.4 Å². The van der Waals surface area contributed by atoms with Gasteiger partial charge in [-0.15, -0.1) is 0 Å². The fourth-order valence-corrected chi connectivity index (χ4v) is 2.10. The molecule has 0 fully saturated rings. The maximum atomic E-state index is 11.3. The van der Waals surface area contributed by atoms with E-state index in [-0.39, 0.29) is 11.9 Å². The molecule has 0 aliphatic carbocycles. The number of hydrogen-bond acceptors (Lipinski definition) is 4. The minimum atomic E-state index is -0.645. The van der Waals surface area contributed by atoms with Crippen molar-refractivity contribution in [3.8, 4) is 0 Å². The molecule has 0 atom stereocenters. The lowest BCUT2D eigenvalue weighted by atomic mass is 9.84. The van der Waals surface area contributed by atoms with Gasteiger partial charge in [-0.25, -0.2) is 4.79 Å². The van der Waals surface area contributed by atoms with Crippen LogP contribution in [0.4, 0.5) is 0 Å². The van der Waals surface area contributed by atoms with E-state index >= 15 is 0 Å². The average molecular weight is 221 g/mol. The smallest absolute Gasteiger partial charge is 0.332 e. The minimum Gasteiger partial charge on any atom is -0.467 e. The Morgan fingerprint density at radius 3 is 1.88 bits per heavy atom. The number of hydrogen-bond donors (Lipinski definition) is 1. The molecule has 2 aliphatic heterocycles. The molecule has 0 saturated carbocycles. The molecule has 0 aromatic heterocycles. The van der Waals surface area contributed by atoms with Crippen LogP contribution in [0.25, 0.3) is 0 Å². The van der Waals surface area contributed by atoms with Gasteiger partial charge in [0.2, 0.25) is 5.90 Å². The van der Waals surface area contributed by atoms with Crippen LogP contribution >= 0.6 is 0 Å². The van der Waals surface area contributed by atoms with E-state index in [0.717, 1.165) is 11.1 Å². The summed E-state index contributed by atoms with van der Waals surface area (Å²) in [7, 11) is 0. The first-order valence-corrected chi connectivity index (χ1v) is 5.18. The first-order chi connectivity index (χ1) is 7.22. The summed E-state index contributed by atoms with van der Waals surface area (Å²) in [6.07, 6.45) is 3.13. The van der Waals surface area contributed by atoms with Crippen molar-refractivity contribution in [2.75, 3.05) is 0 Å². The van der Waals surface area contributed by atoms with Gasteiger partial charge in [-0.05, 0) is 27.7 Å². The third-order valence-corrected chi connectivity index (χ3v) is 2.85. The lowest BCUT2D eigenvalue weighted by Crippen LogP contribution is -2.31. The number of rotatable bonds is 1. The molecule has 0 unspecified atom stereocenters. The highest BCUT2D eigenvalue weighted by Gasteiger charge is 2.44. The van der Waals surface area contributed by atoms with Crippen LogP contribution in [0.15, 0.2) is 23.3 Å². The van der Waals surface area contributed by atoms with E-state index in [9.17, 15) is 4.79 Å². The standard InChI is InChI=1S/C12H15NO3/c1-11(2)7(5-9(13)15-11)8-6-10(14)16-12(8,3)4/h5-6,13H,1-4H3. The van der Waals surface area contributed by atoms with Gasteiger partial charge in [0.1, 0.15) is 11.2 Å². The van der Waals surface area contributed by atoms with E-state index in [2.05, 4.69) is 0 Å². The summed E-state index contributed by atoms with van der Waals surface area (Å²) < 4.78 is 10.6. The summed E-state index contributed by atoms with van der Waals surface area (Å²) in [6, 6.07) is 0. The summed E-state index contributed by atoms with van der Waals surface area (Å²) >= 11 is 0. The Kier molecular flexibility index (Phi) is 2.02. The lowest BCUT2D eigenvalue weighted by Gasteiger charge is -2.28. The predicted molar refractivity (Wildman–Crippen MR) is 59.2 cm³/mol. The molecule has 2 rings (SSSR count). The van der Waals surface area contributed by atoms with Crippen LogP contribution in [0.1, 0.15) is 27.7 Å². The number of carbonyl (C=O) groups excluding carboxylic acids is 1. The van der Waals surface area contributed by atoms with E-state index in [0.29, 0.717) is 0 Å². The number of cyclic esters (lactones) is 1. The van der Waals surface area contributed by atoms with Crippen LogP contribution in [0, 0.1) is 5.41 Å². The first-order valence-electron chi connectivity index (χ1n) is 5.18. The van der Waals surface area contributed by atoms with Gasteiger partial charge in [0.25, 0.3) is 0 Å². The summed E-state index contributed by atoms with van der Waals surface area (Å²) in [6.45, 7) is 7.42. The summed E-state index contributed by atoms with van der Waals surface area (Å²) in [5.41, 5.74) is 0.417. The molecule has 0 bridgehead atoms. The van der Waals surface area contributed by atoms with Crippen molar-refractivity contribution < 1.29 is 14.3 Å². The SMILES string of the molecule is CC1(C)OC(=N)C=C1C1=CC(=O)OC1(C)C. The Morgan fingerprint density at radius 1 is 1.00 bits per heavy atom. The molecule has 2 aliphatic rings. The van der Waals surface area contributed by atoms with Gasteiger partial charge < -0.3 is 9.47 Å². The number of esters is 1. The van der Waals surface area contributed by atoms with E-state index in [1.807, 2.05) is 27.7 Å². The Balaban J connectivity index is 2.47. The lowest BCUT2D eigenvalue weighted by molar-refractivity contribution is -0.143. The number of nitrogens with one attached hydrogen (secondary N) is 1. The van der Waals surface area contributed by atoms with Gasteiger partial charge in [0, 0.05) is 23.3 Å². The molecule has 16 heavy (non-hydrogen) atoms. The molecule has 0 saturated heterocycles. The third-order valence-electron chi connectivity index (χ3n) is 2.85. The zero-order chi connectivity index (χ0) is 12.1. The van der Waals surface area contributed by atoms with Crippen molar-refractivity contribution in [2.24, 2.45) is 0 Å². The fourth-order valence-electron chi connectivity index (χ4n) is 2.10. The van der Waals surface area contributed by atoms with Crippen molar-refractivity contribution >= 4 is 11.9 Å². The molecule has 1 N–H and O–H groups in total. The normalized spacial score (nSPS) is 26.0. The minimum absolute atomic E-state index is 0.121.